The summed E-state index contributed by atoms with van der Waals surface area (Å²) in [5.41, 5.74) is 1.28. The summed E-state index contributed by atoms with van der Waals surface area (Å²) in [5, 5.41) is 5.01. The van der Waals surface area contributed by atoms with Gasteiger partial charge in [0.2, 0.25) is 0 Å². The summed E-state index contributed by atoms with van der Waals surface area (Å²) < 4.78 is 5.21. The lowest BCUT2D eigenvalue weighted by atomic mass is 9.78. The lowest BCUT2D eigenvalue weighted by Gasteiger charge is -2.33. The van der Waals surface area contributed by atoms with E-state index < -0.39 is 0 Å². The van der Waals surface area contributed by atoms with Gasteiger partial charge in [-0.15, -0.1) is 11.3 Å². The smallest absolute Gasteiger partial charge is 0.110 e. The third-order valence-corrected chi connectivity index (χ3v) is 5.73. The molecule has 0 bridgehead atoms. The SMILES string of the molecule is CCc1nc(C(NCCOC)C2CCCC(C)C2)sc1C. The molecule has 0 amide bonds. The molecule has 1 fully saturated rings. The van der Waals surface area contributed by atoms with Crippen molar-refractivity contribution in [3.8, 4) is 0 Å². The van der Waals surface area contributed by atoms with Crippen molar-refractivity contribution in [2.45, 2.75) is 58.9 Å². The van der Waals surface area contributed by atoms with Gasteiger partial charge in [-0.05, 0) is 38.0 Å². The number of rotatable bonds is 7. The fraction of sp³-hybridized carbons (Fsp3) is 0.824. The van der Waals surface area contributed by atoms with Gasteiger partial charge >= 0.3 is 0 Å². The predicted octanol–water partition coefficient (Wildman–Crippen LogP) is 4.12. The quantitative estimate of drug-likeness (QED) is 0.769. The first-order valence-corrected chi connectivity index (χ1v) is 9.15. The molecule has 0 spiro atoms. The Balaban J connectivity index is 2.13. The molecule has 1 N–H and O–H groups in total. The Morgan fingerprint density at radius 3 is 2.86 bits per heavy atom. The van der Waals surface area contributed by atoms with E-state index in [1.807, 2.05) is 11.3 Å². The summed E-state index contributed by atoms with van der Waals surface area (Å²) in [4.78, 5) is 6.31. The molecule has 0 radical (unpaired) electrons. The van der Waals surface area contributed by atoms with Gasteiger partial charge in [0.25, 0.3) is 0 Å². The van der Waals surface area contributed by atoms with Crippen molar-refractivity contribution in [3.63, 3.8) is 0 Å². The summed E-state index contributed by atoms with van der Waals surface area (Å²) in [7, 11) is 1.77. The van der Waals surface area contributed by atoms with Crippen LogP contribution in [0.25, 0.3) is 0 Å². The van der Waals surface area contributed by atoms with E-state index >= 15 is 0 Å². The minimum absolute atomic E-state index is 0.409. The number of nitrogens with zero attached hydrogens (tertiary/aromatic N) is 1. The molecule has 4 heteroatoms. The van der Waals surface area contributed by atoms with Crippen LogP contribution < -0.4 is 5.32 Å². The number of hydrogen-bond acceptors (Lipinski definition) is 4. The van der Waals surface area contributed by atoms with Crippen molar-refractivity contribution in [2.24, 2.45) is 11.8 Å². The summed E-state index contributed by atoms with van der Waals surface area (Å²) in [6, 6.07) is 0.409. The van der Waals surface area contributed by atoms with E-state index in [9.17, 15) is 0 Å². The molecule has 1 saturated carbocycles. The molecule has 1 aromatic rings. The molecule has 1 aromatic heterocycles. The van der Waals surface area contributed by atoms with E-state index in [1.165, 1.54) is 41.3 Å². The first-order valence-electron chi connectivity index (χ1n) is 8.34. The largest absolute Gasteiger partial charge is 0.383 e. The van der Waals surface area contributed by atoms with Crippen molar-refractivity contribution in [2.75, 3.05) is 20.3 Å². The third-order valence-electron chi connectivity index (χ3n) is 4.63. The highest BCUT2D eigenvalue weighted by atomic mass is 32.1. The zero-order valence-electron chi connectivity index (χ0n) is 13.9. The Bertz CT molecular complexity index is 432. The van der Waals surface area contributed by atoms with Gasteiger partial charge in [-0.25, -0.2) is 4.98 Å². The second-order valence-electron chi connectivity index (χ2n) is 6.36. The summed E-state index contributed by atoms with van der Waals surface area (Å²) in [5.74, 6) is 1.57. The zero-order valence-corrected chi connectivity index (χ0v) is 14.8. The monoisotopic (exact) mass is 310 g/mol. The molecule has 120 valence electrons. The van der Waals surface area contributed by atoms with Crippen LogP contribution in [0, 0.1) is 18.8 Å². The maximum atomic E-state index is 5.21. The van der Waals surface area contributed by atoms with Gasteiger partial charge in [-0.3, -0.25) is 0 Å². The lowest BCUT2D eigenvalue weighted by molar-refractivity contribution is 0.177. The summed E-state index contributed by atoms with van der Waals surface area (Å²) in [6.07, 6.45) is 6.44. The fourth-order valence-corrected chi connectivity index (χ4v) is 4.65. The first kappa shape index (κ1) is 16.9. The highest BCUT2D eigenvalue weighted by Crippen LogP contribution is 2.38. The number of nitrogens with one attached hydrogen (secondary N) is 1. The molecule has 3 unspecified atom stereocenters. The molecule has 2 rings (SSSR count). The molecule has 3 nitrogen and oxygen atoms in total. The summed E-state index contributed by atoms with van der Waals surface area (Å²) >= 11 is 1.89. The van der Waals surface area contributed by atoms with Crippen LogP contribution in [-0.4, -0.2) is 25.2 Å². The molecular formula is C17H30N2OS. The standard InChI is InChI=1S/C17H30N2OS/c1-5-15-13(3)21-17(19-15)16(18-9-10-20-4)14-8-6-7-12(2)11-14/h12,14,16,18H,5-11H2,1-4H3. The predicted molar refractivity (Wildman–Crippen MR) is 90.0 cm³/mol. The van der Waals surface area contributed by atoms with Crippen LogP contribution in [0.1, 0.15) is 61.2 Å². The molecule has 1 aliphatic carbocycles. The van der Waals surface area contributed by atoms with Crippen molar-refractivity contribution >= 4 is 11.3 Å². The molecular weight excluding hydrogens is 280 g/mol. The van der Waals surface area contributed by atoms with Crippen molar-refractivity contribution in [3.05, 3.63) is 15.6 Å². The van der Waals surface area contributed by atoms with E-state index in [-0.39, 0.29) is 0 Å². The van der Waals surface area contributed by atoms with Gasteiger partial charge in [-0.2, -0.15) is 0 Å². The van der Waals surface area contributed by atoms with Crippen LogP contribution in [0.4, 0.5) is 0 Å². The van der Waals surface area contributed by atoms with Gasteiger partial charge in [0.05, 0.1) is 18.3 Å². The van der Waals surface area contributed by atoms with Crippen LogP contribution in [0.5, 0.6) is 0 Å². The van der Waals surface area contributed by atoms with Gasteiger partial charge < -0.3 is 10.1 Å². The topological polar surface area (TPSA) is 34.2 Å². The van der Waals surface area contributed by atoms with Crippen LogP contribution in [0.15, 0.2) is 0 Å². The van der Waals surface area contributed by atoms with Crippen molar-refractivity contribution < 1.29 is 4.74 Å². The van der Waals surface area contributed by atoms with Crippen LogP contribution in [0.2, 0.25) is 0 Å². The number of ether oxygens (including phenoxy) is 1. The van der Waals surface area contributed by atoms with Crippen LogP contribution >= 0.6 is 11.3 Å². The number of hydrogen-bond donors (Lipinski definition) is 1. The number of methoxy groups -OCH3 is 1. The number of aromatic nitrogens is 1. The van der Waals surface area contributed by atoms with Gasteiger partial charge in [0.15, 0.2) is 0 Å². The Hall–Kier alpha value is -0.450. The molecule has 0 saturated heterocycles. The Morgan fingerprint density at radius 2 is 2.24 bits per heavy atom. The summed E-state index contributed by atoms with van der Waals surface area (Å²) in [6.45, 7) is 8.47. The van der Waals surface area contributed by atoms with E-state index in [4.69, 9.17) is 9.72 Å². The van der Waals surface area contributed by atoms with E-state index in [2.05, 4.69) is 26.1 Å². The molecule has 21 heavy (non-hydrogen) atoms. The minimum Gasteiger partial charge on any atom is -0.383 e. The van der Waals surface area contributed by atoms with E-state index in [0.29, 0.717) is 6.04 Å². The zero-order chi connectivity index (χ0) is 15.2. The molecule has 3 atom stereocenters. The third kappa shape index (κ3) is 4.51. The highest BCUT2D eigenvalue weighted by molar-refractivity contribution is 7.11. The maximum absolute atomic E-state index is 5.21. The van der Waals surface area contributed by atoms with Crippen molar-refractivity contribution in [1.29, 1.82) is 0 Å². The van der Waals surface area contributed by atoms with Crippen molar-refractivity contribution in [1.82, 2.24) is 10.3 Å². The average molecular weight is 311 g/mol. The Labute approximate surface area is 133 Å². The second-order valence-corrected chi connectivity index (χ2v) is 7.60. The normalized spacial score (nSPS) is 24.2. The second kappa shape index (κ2) is 8.25. The Kier molecular flexibility index (Phi) is 6.65. The highest BCUT2D eigenvalue weighted by Gasteiger charge is 2.29. The van der Waals surface area contributed by atoms with Crippen LogP contribution in [0.3, 0.4) is 0 Å². The average Bonchev–Trinajstić information content (AvgIpc) is 2.84. The maximum Gasteiger partial charge on any atom is 0.110 e. The number of thiazole rings is 1. The first-order chi connectivity index (χ1) is 10.2. The molecule has 1 heterocycles. The van der Waals surface area contributed by atoms with E-state index in [1.54, 1.807) is 7.11 Å². The lowest BCUT2D eigenvalue weighted by Crippen LogP contribution is -2.33. The molecule has 0 aromatic carbocycles. The minimum atomic E-state index is 0.409. The van der Waals surface area contributed by atoms with Gasteiger partial charge in [-0.1, -0.05) is 26.7 Å². The fourth-order valence-electron chi connectivity index (χ4n) is 3.47. The Morgan fingerprint density at radius 1 is 1.43 bits per heavy atom. The van der Waals surface area contributed by atoms with Gasteiger partial charge in [0, 0.05) is 18.5 Å². The van der Waals surface area contributed by atoms with Crippen LogP contribution in [-0.2, 0) is 11.2 Å². The molecule has 1 aliphatic rings. The number of aryl methyl sites for hydroxylation is 2. The van der Waals surface area contributed by atoms with E-state index in [0.717, 1.165) is 31.4 Å². The van der Waals surface area contributed by atoms with Gasteiger partial charge in [0.1, 0.15) is 5.01 Å². The molecule has 0 aliphatic heterocycles.